The van der Waals surface area contributed by atoms with Crippen molar-refractivity contribution in [3.8, 4) is 0 Å². The van der Waals surface area contributed by atoms with Crippen molar-refractivity contribution in [2.45, 2.75) is 57.7 Å². The second-order valence-corrected chi connectivity index (χ2v) is 7.58. The lowest BCUT2D eigenvalue weighted by Crippen LogP contribution is -2.37. The van der Waals surface area contributed by atoms with E-state index in [4.69, 9.17) is 4.74 Å². The fourth-order valence-corrected chi connectivity index (χ4v) is 2.84. The molecule has 0 unspecified atom stereocenters. The van der Waals surface area contributed by atoms with E-state index in [-0.39, 0.29) is 5.56 Å². The molecule has 5 nitrogen and oxygen atoms in total. The normalized spacial score (nSPS) is 12.7. The lowest BCUT2D eigenvalue weighted by Gasteiger charge is -2.19. The zero-order valence-electron chi connectivity index (χ0n) is 19.4. The van der Waals surface area contributed by atoms with Gasteiger partial charge in [0.15, 0.2) is 12.4 Å². The van der Waals surface area contributed by atoms with Crippen LogP contribution < -0.4 is 0 Å². The van der Waals surface area contributed by atoms with Crippen molar-refractivity contribution < 1.29 is 24.5 Å². The van der Waals surface area contributed by atoms with E-state index in [0.29, 0.717) is 0 Å². The van der Waals surface area contributed by atoms with Gasteiger partial charge in [-0.3, -0.25) is 4.79 Å². The quantitative estimate of drug-likeness (QED) is 0.114. The van der Waals surface area contributed by atoms with E-state index in [0.717, 1.165) is 6.42 Å². The topological polar surface area (TPSA) is 83.8 Å². The summed E-state index contributed by atoms with van der Waals surface area (Å²) in [5, 5.41) is 19.8. The molecule has 1 aromatic carbocycles. The largest absolute Gasteiger partial charge is 0.453 e. The van der Waals surface area contributed by atoms with Crippen LogP contribution in [0.4, 0.5) is 0 Å². The molecule has 0 fully saturated rings. The predicted molar refractivity (Wildman–Crippen MR) is 132 cm³/mol. The van der Waals surface area contributed by atoms with Crippen LogP contribution in [0, 0.1) is 0 Å². The molecular weight excluding hydrogens is 416 g/mol. The molecular formula is C28H36O5. The molecule has 0 aliphatic rings. The standard InChI is InChI=1S/C28H36O5/c1-2-3-4-5-6-7-8-9-10-11-12-13-14-15-16-20-23-26(29)24-33-27(30)28(31,32)25-21-18-17-19-22-25/h9-23,31-32H,2-8,24H2,1H3. The van der Waals surface area contributed by atoms with E-state index < -0.39 is 24.1 Å². The van der Waals surface area contributed by atoms with Crippen LogP contribution in [-0.4, -0.2) is 28.6 Å². The lowest BCUT2D eigenvalue weighted by molar-refractivity contribution is -0.213. The van der Waals surface area contributed by atoms with Crippen molar-refractivity contribution in [1.82, 2.24) is 0 Å². The van der Waals surface area contributed by atoms with Crippen molar-refractivity contribution >= 4 is 11.8 Å². The Labute approximate surface area is 197 Å². The monoisotopic (exact) mass is 452 g/mol. The van der Waals surface area contributed by atoms with E-state index in [1.165, 1.54) is 62.8 Å². The Balaban J connectivity index is 2.21. The highest BCUT2D eigenvalue weighted by Crippen LogP contribution is 2.19. The second kappa shape index (κ2) is 17.5. The average Bonchev–Trinajstić information content (AvgIpc) is 2.82. The van der Waals surface area contributed by atoms with Gasteiger partial charge in [0, 0.05) is 5.56 Å². The summed E-state index contributed by atoms with van der Waals surface area (Å²) >= 11 is 0. The van der Waals surface area contributed by atoms with Crippen molar-refractivity contribution in [2.75, 3.05) is 6.61 Å². The maximum Gasteiger partial charge on any atom is 0.372 e. The summed E-state index contributed by atoms with van der Waals surface area (Å²) in [6, 6.07) is 7.55. The van der Waals surface area contributed by atoms with Gasteiger partial charge in [0.25, 0.3) is 5.79 Å². The number of ether oxygens (including phenoxy) is 1. The Kier molecular flexibility index (Phi) is 14.9. The molecule has 0 aliphatic carbocycles. The number of carbonyl (C=O) groups excluding carboxylic acids is 2. The smallest absolute Gasteiger partial charge is 0.372 e. The summed E-state index contributed by atoms with van der Waals surface area (Å²) < 4.78 is 4.71. The number of aliphatic hydroxyl groups is 2. The minimum atomic E-state index is -2.80. The van der Waals surface area contributed by atoms with Gasteiger partial charge in [-0.25, -0.2) is 4.79 Å². The number of ketones is 1. The molecule has 0 saturated heterocycles. The van der Waals surface area contributed by atoms with Crippen LogP contribution in [0.2, 0.25) is 0 Å². The summed E-state index contributed by atoms with van der Waals surface area (Å²) in [6.07, 6.45) is 27.0. The number of unbranched alkanes of at least 4 members (excludes halogenated alkanes) is 6. The van der Waals surface area contributed by atoms with E-state index in [2.05, 4.69) is 13.0 Å². The van der Waals surface area contributed by atoms with E-state index in [9.17, 15) is 19.8 Å². The highest BCUT2D eigenvalue weighted by molar-refractivity contribution is 5.92. The van der Waals surface area contributed by atoms with Crippen molar-refractivity contribution in [1.29, 1.82) is 0 Å². The minimum absolute atomic E-state index is 0.0324. The number of rotatable bonds is 16. The number of benzene rings is 1. The number of hydrogen-bond donors (Lipinski definition) is 2. The SMILES string of the molecule is CCCCCCCCC=CC=CC=CC=CC=CC(=O)COC(=O)C(O)(O)c1ccccc1. The molecule has 0 atom stereocenters. The fourth-order valence-electron chi connectivity index (χ4n) is 2.84. The Morgan fingerprint density at radius 2 is 1.39 bits per heavy atom. The first-order valence-corrected chi connectivity index (χ1v) is 11.5. The van der Waals surface area contributed by atoms with Gasteiger partial charge in [0.1, 0.15) is 0 Å². The van der Waals surface area contributed by atoms with Crippen LogP contribution in [0.25, 0.3) is 0 Å². The van der Waals surface area contributed by atoms with E-state index >= 15 is 0 Å². The predicted octanol–water partition coefficient (Wildman–Crippen LogP) is 5.47. The Hall–Kier alpha value is -3.02. The van der Waals surface area contributed by atoms with Crippen LogP contribution >= 0.6 is 0 Å². The molecule has 5 heteroatoms. The van der Waals surface area contributed by atoms with E-state index in [1.54, 1.807) is 30.4 Å². The lowest BCUT2D eigenvalue weighted by atomic mass is 10.1. The summed E-state index contributed by atoms with van der Waals surface area (Å²) in [4.78, 5) is 23.6. The van der Waals surface area contributed by atoms with Gasteiger partial charge >= 0.3 is 5.97 Å². The Bertz CT molecular complexity index is 829. The zero-order chi connectivity index (χ0) is 24.2. The van der Waals surface area contributed by atoms with Gasteiger partial charge in [-0.05, 0) is 18.9 Å². The van der Waals surface area contributed by atoms with Crippen molar-refractivity contribution in [3.05, 3.63) is 96.7 Å². The van der Waals surface area contributed by atoms with Crippen LogP contribution in [0.15, 0.2) is 91.1 Å². The molecule has 1 aromatic rings. The van der Waals surface area contributed by atoms with Crippen LogP contribution in [0.5, 0.6) is 0 Å². The second-order valence-electron chi connectivity index (χ2n) is 7.58. The molecule has 0 amide bonds. The van der Waals surface area contributed by atoms with Gasteiger partial charge in [-0.2, -0.15) is 0 Å². The number of hydrogen-bond acceptors (Lipinski definition) is 5. The molecule has 33 heavy (non-hydrogen) atoms. The third kappa shape index (κ3) is 13.2. The molecule has 0 heterocycles. The van der Waals surface area contributed by atoms with Crippen LogP contribution in [0.3, 0.4) is 0 Å². The van der Waals surface area contributed by atoms with Gasteiger partial charge in [-0.1, -0.05) is 124 Å². The maximum atomic E-state index is 11.9. The maximum absolute atomic E-state index is 11.9. The Morgan fingerprint density at radius 3 is 2.06 bits per heavy atom. The molecule has 0 aliphatic heterocycles. The van der Waals surface area contributed by atoms with Gasteiger partial charge < -0.3 is 14.9 Å². The van der Waals surface area contributed by atoms with Crippen molar-refractivity contribution in [3.63, 3.8) is 0 Å². The highest BCUT2D eigenvalue weighted by atomic mass is 16.6. The summed E-state index contributed by atoms with van der Waals surface area (Å²) in [5.41, 5.74) is -0.0324. The molecule has 1 rings (SSSR count). The first-order valence-electron chi connectivity index (χ1n) is 11.5. The highest BCUT2D eigenvalue weighted by Gasteiger charge is 2.37. The molecule has 0 aromatic heterocycles. The third-order valence-electron chi connectivity index (χ3n) is 4.73. The summed E-state index contributed by atoms with van der Waals surface area (Å²) in [5.74, 6) is -4.58. The number of esters is 1. The first kappa shape index (κ1) is 28.0. The summed E-state index contributed by atoms with van der Waals surface area (Å²) in [7, 11) is 0. The van der Waals surface area contributed by atoms with Gasteiger partial charge in [0.05, 0.1) is 0 Å². The molecule has 0 saturated carbocycles. The van der Waals surface area contributed by atoms with Crippen LogP contribution in [-0.2, 0) is 20.1 Å². The molecule has 0 spiro atoms. The number of allylic oxidation sites excluding steroid dienone is 9. The van der Waals surface area contributed by atoms with Crippen LogP contribution in [0.1, 0.15) is 57.4 Å². The fraction of sp³-hybridized carbons (Fsp3) is 0.357. The number of carbonyl (C=O) groups is 2. The average molecular weight is 453 g/mol. The summed E-state index contributed by atoms with van der Waals surface area (Å²) in [6.45, 7) is 1.65. The first-order chi connectivity index (χ1) is 16.0. The molecule has 2 N–H and O–H groups in total. The molecule has 0 bridgehead atoms. The minimum Gasteiger partial charge on any atom is -0.453 e. The zero-order valence-corrected chi connectivity index (χ0v) is 19.4. The van der Waals surface area contributed by atoms with E-state index in [1.807, 2.05) is 30.4 Å². The van der Waals surface area contributed by atoms with Gasteiger partial charge in [0.2, 0.25) is 0 Å². The molecule has 178 valence electrons. The van der Waals surface area contributed by atoms with Gasteiger partial charge in [-0.15, -0.1) is 0 Å². The Morgan fingerprint density at radius 1 is 0.818 bits per heavy atom. The third-order valence-corrected chi connectivity index (χ3v) is 4.73. The molecule has 0 radical (unpaired) electrons. The van der Waals surface area contributed by atoms with Crippen molar-refractivity contribution in [2.24, 2.45) is 0 Å².